The van der Waals surface area contributed by atoms with Gasteiger partial charge in [0.25, 0.3) is 0 Å². The fourth-order valence-electron chi connectivity index (χ4n) is 3.33. The molecule has 0 atom stereocenters. The molecule has 0 fully saturated rings. The van der Waals surface area contributed by atoms with Gasteiger partial charge in [-0.25, -0.2) is 0 Å². The van der Waals surface area contributed by atoms with Gasteiger partial charge >= 0.3 is 0 Å². The van der Waals surface area contributed by atoms with Gasteiger partial charge in [-0.15, -0.1) is 0 Å². The Morgan fingerprint density at radius 3 is 2.50 bits per heavy atom. The van der Waals surface area contributed by atoms with Crippen molar-refractivity contribution >= 4 is 21.8 Å². The highest BCUT2D eigenvalue weighted by atomic mass is 16.3. The second kappa shape index (κ2) is 7.28. The van der Waals surface area contributed by atoms with E-state index in [9.17, 15) is 10.2 Å². The van der Waals surface area contributed by atoms with Crippen LogP contribution in [-0.2, 0) is 6.42 Å². The summed E-state index contributed by atoms with van der Waals surface area (Å²) in [6, 6.07) is 7.45. The average Bonchev–Trinajstić information content (AvgIpc) is 2.91. The Morgan fingerprint density at radius 1 is 1.00 bits per heavy atom. The molecule has 3 N–H and O–H groups in total. The normalized spacial score (nSPS) is 12.1. The predicted octanol–water partition coefficient (Wildman–Crippen LogP) is 6.28. The average molecular weight is 349 g/mol. The van der Waals surface area contributed by atoms with Crippen molar-refractivity contribution in [3.63, 3.8) is 0 Å². The Morgan fingerprint density at radius 2 is 1.77 bits per heavy atom. The molecule has 0 aliphatic rings. The Hall–Kier alpha value is -2.68. The quantitative estimate of drug-likeness (QED) is 0.475. The second-order valence-electron chi connectivity index (χ2n) is 7.37. The van der Waals surface area contributed by atoms with Crippen molar-refractivity contribution in [1.82, 2.24) is 4.98 Å². The van der Waals surface area contributed by atoms with E-state index in [2.05, 4.69) is 37.9 Å². The van der Waals surface area contributed by atoms with Crippen LogP contribution in [0.4, 0.5) is 0 Å². The summed E-state index contributed by atoms with van der Waals surface area (Å²) in [5.41, 5.74) is 6.25. The first-order chi connectivity index (χ1) is 12.4. The van der Waals surface area contributed by atoms with E-state index in [0.717, 1.165) is 45.8 Å². The smallest absolute Gasteiger partial charge is 0.121 e. The van der Waals surface area contributed by atoms with Gasteiger partial charge in [0.2, 0.25) is 0 Å². The van der Waals surface area contributed by atoms with Crippen LogP contribution < -0.4 is 0 Å². The van der Waals surface area contributed by atoms with Crippen molar-refractivity contribution in [3.05, 3.63) is 58.7 Å². The van der Waals surface area contributed by atoms with E-state index in [1.165, 1.54) is 11.1 Å². The molecule has 0 aliphatic heterocycles. The topological polar surface area (TPSA) is 56.2 Å². The molecule has 0 saturated heterocycles. The lowest BCUT2D eigenvalue weighted by molar-refractivity contribution is 0.470. The minimum Gasteiger partial charge on any atom is -0.508 e. The maximum atomic E-state index is 10.4. The predicted molar refractivity (Wildman–Crippen MR) is 110 cm³/mol. The lowest BCUT2D eigenvalue weighted by atomic mass is 10.0. The number of aromatic amines is 1. The number of hydrogen-bond acceptors (Lipinski definition) is 2. The van der Waals surface area contributed by atoms with Crippen LogP contribution in [0.1, 0.15) is 44.7 Å². The minimum absolute atomic E-state index is 0.282. The van der Waals surface area contributed by atoms with Crippen LogP contribution in [-0.4, -0.2) is 15.2 Å². The number of aromatic nitrogens is 1. The van der Waals surface area contributed by atoms with Crippen molar-refractivity contribution < 1.29 is 10.2 Å². The lowest BCUT2D eigenvalue weighted by Crippen LogP contribution is -1.87. The number of phenols is 2. The molecule has 0 radical (unpaired) electrons. The van der Waals surface area contributed by atoms with E-state index in [0.29, 0.717) is 12.2 Å². The molecule has 3 heteroatoms. The molecule has 1 aromatic heterocycles. The number of H-pyrrole nitrogens is 1. The third-order valence-corrected chi connectivity index (χ3v) is 4.92. The zero-order valence-corrected chi connectivity index (χ0v) is 16.0. The van der Waals surface area contributed by atoms with E-state index in [-0.39, 0.29) is 5.75 Å². The van der Waals surface area contributed by atoms with Gasteiger partial charge in [-0.2, -0.15) is 0 Å². The van der Waals surface area contributed by atoms with Gasteiger partial charge in [0.15, 0.2) is 0 Å². The first-order valence-corrected chi connectivity index (χ1v) is 9.11. The van der Waals surface area contributed by atoms with Crippen molar-refractivity contribution in [2.24, 2.45) is 0 Å². The van der Waals surface area contributed by atoms with Gasteiger partial charge < -0.3 is 15.2 Å². The molecule has 0 unspecified atom stereocenters. The molecule has 3 rings (SSSR count). The highest BCUT2D eigenvalue weighted by molar-refractivity contribution is 6.09. The largest absolute Gasteiger partial charge is 0.508 e. The zero-order valence-electron chi connectivity index (χ0n) is 16.0. The fraction of sp³-hybridized carbons (Fsp3) is 0.304. The third-order valence-electron chi connectivity index (χ3n) is 4.92. The molecule has 0 bridgehead atoms. The van der Waals surface area contributed by atoms with Crippen LogP contribution >= 0.6 is 0 Å². The fourth-order valence-corrected chi connectivity index (χ4v) is 3.33. The number of hydrogen-bond donors (Lipinski definition) is 3. The van der Waals surface area contributed by atoms with E-state index in [4.69, 9.17) is 0 Å². The molecular formula is C23H27NO2. The van der Waals surface area contributed by atoms with Crippen LogP contribution in [0.15, 0.2) is 47.6 Å². The number of allylic oxidation sites excluding steroid dienone is 4. The Kier molecular flexibility index (Phi) is 5.08. The van der Waals surface area contributed by atoms with Crippen molar-refractivity contribution in [2.45, 2.75) is 47.0 Å². The van der Waals surface area contributed by atoms with Gasteiger partial charge in [-0.3, -0.25) is 0 Å². The van der Waals surface area contributed by atoms with Gasteiger partial charge in [0.1, 0.15) is 11.5 Å². The molecule has 0 amide bonds. The summed E-state index contributed by atoms with van der Waals surface area (Å²) in [6.45, 7) is 8.27. The SMILES string of the molecule is CC(C)=CCCC(C)=CCc1c(O)ccc2c1[nH]c1cc(O)c(C)cc12. The molecular weight excluding hydrogens is 322 g/mol. The van der Waals surface area contributed by atoms with Crippen LogP contribution in [0.5, 0.6) is 11.5 Å². The van der Waals surface area contributed by atoms with Crippen molar-refractivity contribution in [2.75, 3.05) is 0 Å². The van der Waals surface area contributed by atoms with Gasteiger partial charge in [0, 0.05) is 22.4 Å². The number of rotatable bonds is 5. The van der Waals surface area contributed by atoms with Gasteiger partial charge in [-0.05, 0) is 70.7 Å². The Balaban J connectivity index is 1.97. The van der Waals surface area contributed by atoms with Gasteiger partial charge in [-0.1, -0.05) is 23.3 Å². The number of fused-ring (bicyclic) bond motifs is 3. The van der Waals surface area contributed by atoms with Crippen molar-refractivity contribution in [3.8, 4) is 11.5 Å². The summed E-state index contributed by atoms with van der Waals surface area (Å²) in [7, 11) is 0. The molecule has 0 spiro atoms. The maximum absolute atomic E-state index is 10.4. The van der Waals surface area contributed by atoms with Crippen LogP contribution in [0.2, 0.25) is 0 Å². The summed E-state index contributed by atoms with van der Waals surface area (Å²) >= 11 is 0. The monoisotopic (exact) mass is 349 g/mol. The summed E-state index contributed by atoms with van der Waals surface area (Å²) in [5.74, 6) is 0.586. The second-order valence-corrected chi connectivity index (χ2v) is 7.37. The molecule has 0 aliphatic carbocycles. The Bertz CT molecular complexity index is 1020. The number of phenolic OH excluding ortho intramolecular Hbond substituents is 2. The number of aryl methyl sites for hydroxylation is 1. The van der Waals surface area contributed by atoms with Crippen molar-refractivity contribution in [1.29, 1.82) is 0 Å². The highest BCUT2D eigenvalue weighted by Crippen LogP contribution is 2.35. The summed E-state index contributed by atoms with van der Waals surface area (Å²) in [4.78, 5) is 3.38. The summed E-state index contributed by atoms with van der Waals surface area (Å²) in [6.07, 6.45) is 7.21. The van der Waals surface area contributed by atoms with Crippen LogP contribution in [0.25, 0.3) is 21.8 Å². The molecule has 1 heterocycles. The number of aromatic hydroxyl groups is 2. The van der Waals surface area contributed by atoms with E-state index in [1.807, 2.05) is 19.1 Å². The summed E-state index contributed by atoms with van der Waals surface area (Å²) < 4.78 is 0. The highest BCUT2D eigenvalue weighted by Gasteiger charge is 2.13. The molecule has 26 heavy (non-hydrogen) atoms. The first kappa shape index (κ1) is 18.1. The van der Waals surface area contributed by atoms with E-state index < -0.39 is 0 Å². The minimum atomic E-state index is 0.282. The Labute approximate surface area is 154 Å². The molecule has 3 aromatic rings. The van der Waals surface area contributed by atoms with Gasteiger partial charge in [0.05, 0.1) is 11.0 Å². The van der Waals surface area contributed by atoms with E-state index >= 15 is 0 Å². The van der Waals surface area contributed by atoms with Crippen LogP contribution in [0, 0.1) is 6.92 Å². The molecule has 2 aromatic carbocycles. The standard InChI is InChI=1S/C23H27NO2/c1-14(2)6-5-7-15(3)8-9-18-21(25)11-10-17-19-12-16(4)22(26)13-20(19)24-23(17)18/h6,8,10-13,24-26H,5,7,9H2,1-4H3. The van der Waals surface area contributed by atoms with Crippen LogP contribution in [0.3, 0.4) is 0 Å². The first-order valence-electron chi connectivity index (χ1n) is 9.11. The number of benzene rings is 2. The number of nitrogens with one attached hydrogen (secondary N) is 1. The maximum Gasteiger partial charge on any atom is 0.121 e. The molecule has 136 valence electrons. The zero-order chi connectivity index (χ0) is 18.8. The summed E-state index contributed by atoms with van der Waals surface area (Å²) in [5, 5.41) is 22.5. The third kappa shape index (κ3) is 3.62. The van der Waals surface area contributed by atoms with E-state index in [1.54, 1.807) is 12.1 Å². The molecule has 3 nitrogen and oxygen atoms in total. The lowest BCUT2D eigenvalue weighted by Gasteiger charge is -2.05. The molecule has 0 saturated carbocycles.